The lowest BCUT2D eigenvalue weighted by molar-refractivity contribution is -0.142. The van der Waals surface area contributed by atoms with E-state index in [1.807, 2.05) is 12.1 Å². The first-order valence-corrected chi connectivity index (χ1v) is 18.2. The number of hydrogen-bond donors (Lipinski definition) is 1. The number of likely N-dealkylation sites (tertiary alicyclic amines) is 1. The highest BCUT2D eigenvalue weighted by Crippen LogP contribution is 2.30. The molecule has 1 aromatic carbocycles. The number of carbonyl (C=O) groups excluding carboxylic acids is 1. The van der Waals surface area contributed by atoms with Crippen molar-refractivity contribution in [2.24, 2.45) is 5.92 Å². The Labute approximate surface area is 285 Å². The molecule has 10 nitrogen and oxygen atoms in total. The van der Waals surface area contributed by atoms with Crippen LogP contribution in [0.1, 0.15) is 38.2 Å². The molecule has 0 aliphatic carbocycles. The lowest BCUT2D eigenvalue weighted by Gasteiger charge is -2.35. The highest BCUT2D eigenvalue weighted by atomic mass is 35.5. The Bertz CT molecular complexity index is 1430. The number of esters is 1. The molecular weight excluding hydrogens is 645 g/mol. The van der Waals surface area contributed by atoms with E-state index in [0.29, 0.717) is 34.2 Å². The van der Waals surface area contributed by atoms with Crippen molar-refractivity contribution < 1.29 is 14.1 Å². The van der Waals surface area contributed by atoms with Crippen molar-refractivity contribution in [1.82, 2.24) is 24.8 Å². The number of anilines is 3. The molecule has 46 heavy (non-hydrogen) atoms. The minimum atomic E-state index is -0.782. The lowest BCUT2D eigenvalue weighted by atomic mass is 9.93. The first-order chi connectivity index (χ1) is 22.1. The second-order valence-electron chi connectivity index (χ2n) is 12.2. The Morgan fingerprint density at radius 3 is 2.33 bits per heavy atom. The topological polar surface area (TPSA) is 110 Å². The summed E-state index contributed by atoms with van der Waals surface area (Å²) in [5.74, 6) is 1.61. The van der Waals surface area contributed by atoms with E-state index in [0.717, 1.165) is 94.1 Å². The van der Waals surface area contributed by atoms with Crippen LogP contribution in [0.2, 0.25) is 10.0 Å². The van der Waals surface area contributed by atoms with E-state index >= 15 is 0 Å². The van der Waals surface area contributed by atoms with E-state index in [9.17, 15) is 9.35 Å². The summed E-state index contributed by atoms with van der Waals surface area (Å²) < 4.78 is 16.5. The van der Waals surface area contributed by atoms with E-state index in [2.05, 4.69) is 49.0 Å². The molecule has 2 aromatic heterocycles. The summed E-state index contributed by atoms with van der Waals surface area (Å²) >= 11 is 11.9. The van der Waals surface area contributed by atoms with Crippen LogP contribution in [0.15, 0.2) is 42.7 Å². The van der Waals surface area contributed by atoms with Crippen LogP contribution in [0.5, 0.6) is 0 Å². The molecule has 13 heteroatoms. The third-order valence-electron chi connectivity index (χ3n) is 8.82. The third-order valence-corrected chi connectivity index (χ3v) is 10.6. The van der Waals surface area contributed by atoms with Crippen molar-refractivity contribution in [3.8, 4) is 11.3 Å². The van der Waals surface area contributed by atoms with Crippen molar-refractivity contribution in [2.45, 2.75) is 44.4 Å². The van der Waals surface area contributed by atoms with E-state index in [1.165, 1.54) is 7.11 Å². The Morgan fingerprint density at radius 1 is 1.02 bits per heavy atom. The number of hydrogen-bond acceptors (Lipinski definition) is 10. The number of piperazine rings is 1. The Kier molecular flexibility index (Phi) is 12.4. The molecule has 1 N–H and O–H groups in total. The summed E-state index contributed by atoms with van der Waals surface area (Å²) in [5.41, 5.74) is 3.44. The summed E-state index contributed by atoms with van der Waals surface area (Å²) in [5, 5.41) is 4.72. The quantitative estimate of drug-likeness (QED) is 0.190. The van der Waals surface area contributed by atoms with Crippen molar-refractivity contribution in [2.75, 3.05) is 69.4 Å². The summed E-state index contributed by atoms with van der Waals surface area (Å²) in [6.07, 6.45) is 8.71. The minimum Gasteiger partial charge on any atom is -0.616 e. The monoisotopic (exact) mass is 687 g/mol. The maximum absolute atomic E-state index is 11.7. The van der Waals surface area contributed by atoms with E-state index in [1.54, 1.807) is 24.7 Å². The molecule has 2 aliphatic rings. The van der Waals surface area contributed by atoms with Gasteiger partial charge in [-0.25, -0.2) is 15.0 Å². The van der Waals surface area contributed by atoms with E-state index < -0.39 is 11.2 Å². The number of nitrogens with zero attached hydrogens (tertiary/aromatic N) is 6. The molecule has 2 unspecified atom stereocenters. The van der Waals surface area contributed by atoms with Gasteiger partial charge in [-0.3, -0.25) is 14.6 Å². The molecular formula is C33H43Cl2N7O3S. The zero-order valence-corrected chi connectivity index (χ0v) is 29.1. The fourth-order valence-corrected chi connectivity index (χ4v) is 6.88. The van der Waals surface area contributed by atoms with Crippen LogP contribution >= 0.6 is 23.2 Å². The van der Waals surface area contributed by atoms with Gasteiger partial charge >= 0.3 is 5.97 Å². The summed E-state index contributed by atoms with van der Waals surface area (Å²) in [6.45, 7) is 9.15. The average molecular weight is 689 g/mol. The molecule has 0 radical (unpaired) electrons. The van der Waals surface area contributed by atoms with Gasteiger partial charge in [-0.15, -0.1) is 0 Å². The van der Waals surface area contributed by atoms with E-state index in [-0.39, 0.29) is 11.2 Å². The van der Waals surface area contributed by atoms with Gasteiger partial charge in [0, 0.05) is 67.7 Å². The first-order valence-electron chi connectivity index (χ1n) is 15.8. The van der Waals surface area contributed by atoms with Crippen LogP contribution in [0.4, 0.5) is 17.5 Å². The van der Waals surface area contributed by atoms with Crippen molar-refractivity contribution in [3.05, 3.63) is 58.3 Å². The Balaban J connectivity index is 1.25. The molecule has 0 amide bonds. The van der Waals surface area contributed by atoms with Crippen LogP contribution < -0.4 is 10.2 Å². The van der Waals surface area contributed by atoms with E-state index in [4.69, 9.17) is 32.9 Å². The number of benzene rings is 1. The zero-order valence-electron chi connectivity index (χ0n) is 26.8. The molecule has 2 aliphatic heterocycles. The molecule has 248 valence electrons. The van der Waals surface area contributed by atoms with Gasteiger partial charge < -0.3 is 19.5 Å². The Hall–Kier alpha value is -2.67. The third kappa shape index (κ3) is 9.92. The van der Waals surface area contributed by atoms with Gasteiger partial charge in [-0.05, 0) is 74.7 Å². The molecule has 0 saturated carbocycles. The number of rotatable bonds is 12. The normalized spacial score (nSPS) is 17.9. The van der Waals surface area contributed by atoms with Gasteiger partial charge in [0.1, 0.15) is 11.1 Å². The smallest absolute Gasteiger partial charge is 0.305 e. The molecule has 4 heterocycles. The van der Waals surface area contributed by atoms with Crippen LogP contribution in [-0.2, 0) is 27.3 Å². The highest BCUT2D eigenvalue weighted by molar-refractivity contribution is 7.91. The van der Waals surface area contributed by atoms with Crippen LogP contribution in [0.25, 0.3) is 11.3 Å². The maximum Gasteiger partial charge on any atom is 0.305 e. The molecule has 0 bridgehead atoms. The van der Waals surface area contributed by atoms with Gasteiger partial charge in [0.2, 0.25) is 5.95 Å². The molecule has 2 atom stereocenters. The highest BCUT2D eigenvalue weighted by Gasteiger charge is 2.23. The number of halogens is 2. The molecule has 2 saturated heterocycles. The fraction of sp³-hybridized carbons (Fsp3) is 0.515. The predicted molar refractivity (Wildman–Crippen MR) is 186 cm³/mol. The van der Waals surface area contributed by atoms with Gasteiger partial charge in [-0.2, -0.15) is 0 Å². The number of ether oxygens (including phenoxy) is 1. The summed E-state index contributed by atoms with van der Waals surface area (Å²) in [6, 6.07) is 9.58. The molecule has 3 aromatic rings. The average Bonchev–Trinajstić information content (AvgIpc) is 3.04. The molecule has 0 spiro atoms. The first kappa shape index (κ1) is 34.7. The standard InChI is InChI=1S/C33H43Cl2N7O3S/c1-23(46(3)44)4-7-40-10-12-42(13-11-40)33-36-20-29(21-37-33)38-31-15-25(14-30(39-31)26-17-27(34)19-28(35)18-26)22-41-8-5-24(6-9-41)16-32(43)45-2/h14-15,17-21,23-24H,4-13,16,22H2,1-3H3,(H,38,39). The van der Waals surface area contributed by atoms with Gasteiger partial charge in [0.15, 0.2) is 0 Å². The SMILES string of the molecule is COC(=O)CC1CCN(Cc2cc(Nc3cnc(N4CCN(CCC(C)[S+](C)[O-])CC4)nc3)nc(-c3cc(Cl)cc(Cl)c3)c2)CC1. The predicted octanol–water partition coefficient (Wildman–Crippen LogP) is 5.64. The lowest BCUT2D eigenvalue weighted by Crippen LogP contribution is -2.47. The second kappa shape index (κ2) is 16.4. The van der Waals surface area contributed by atoms with Gasteiger partial charge in [-0.1, -0.05) is 34.4 Å². The van der Waals surface area contributed by atoms with Crippen molar-refractivity contribution in [1.29, 1.82) is 0 Å². The Morgan fingerprint density at radius 2 is 1.70 bits per heavy atom. The number of nitrogens with one attached hydrogen (secondary N) is 1. The van der Waals surface area contributed by atoms with Crippen LogP contribution in [0, 0.1) is 5.92 Å². The van der Waals surface area contributed by atoms with Gasteiger partial charge in [0.05, 0.1) is 37.1 Å². The van der Waals surface area contributed by atoms with Crippen molar-refractivity contribution >= 4 is 57.8 Å². The maximum atomic E-state index is 11.7. The minimum absolute atomic E-state index is 0.138. The fourth-order valence-electron chi connectivity index (χ4n) is 5.92. The summed E-state index contributed by atoms with van der Waals surface area (Å²) in [7, 11) is 1.45. The van der Waals surface area contributed by atoms with Gasteiger partial charge in [0.25, 0.3) is 0 Å². The second-order valence-corrected chi connectivity index (χ2v) is 14.9. The van der Waals surface area contributed by atoms with Crippen molar-refractivity contribution in [3.63, 3.8) is 0 Å². The number of piperidine rings is 1. The number of pyridine rings is 1. The number of aromatic nitrogens is 3. The largest absolute Gasteiger partial charge is 0.616 e. The zero-order chi connectivity index (χ0) is 32.6. The molecule has 2 fully saturated rings. The molecule has 5 rings (SSSR count). The van der Waals surface area contributed by atoms with Crippen LogP contribution in [0.3, 0.4) is 0 Å². The van der Waals surface area contributed by atoms with Crippen LogP contribution in [-0.4, -0.2) is 99.7 Å². The number of carbonyl (C=O) groups is 1. The number of methoxy groups -OCH3 is 1. The summed E-state index contributed by atoms with van der Waals surface area (Å²) in [4.78, 5) is 33.0.